The molecule has 2 rings (SSSR count). The monoisotopic (exact) mass is 246 g/mol. The Kier molecular flexibility index (Phi) is 2.88. The molecule has 2 aromatic heterocycles. The molecule has 0 radical (unpaired) electrons. The zero-order valence-electron chi connectivity index (χ0n) is 8.61. The zero-order valence-corrected chi connectivity index (χ0v) is 8.61. The number of hydrogen-bond donors (Lipinski definition) is 1. The van der Waals surface area contributed by atoms with Crippen LogP contribution in [-0.4, -0.2) is 27.7 Å². The molecule has 17 heavy (non-hydrogen) atoms. The van der Waals surface area contributed by atoms with E-state index in [9.17, 15) is 13.2 Å². The van der Waals surface area contributed by atoms with Crippen LogP contribution >= 0.6 is 0 Å². The molecule has 0 saturated heterocycles. The second-order valence-corrected chi connectivity index (χ2v) is 3.23. The third kappa shape index (κ3) is 2.31. The van der Waals surface area contributed by atoms with Gasteiger partial charge in [0.2, 0.25) is 5.88 Å². The highest BCUT2D eigenvalue weighted by atomic mass is 19.4. The molecule has 0 spiro atoms. The first kappa shape index (κ1) is 11.6. The Bertz CT molecular complexity index is 522. The van der Waals surface area contributed by atoms with Crippen LogP contribution in [-0.2, 0) is 6.18 Å². The second-order valence-electron chi connectivity index (χ2n) is 3.23. The van der Waals surface area contributed by atoms with E-state index >= 15 is 0 Å². The Balaban J connectivity index is 2.45. The number of fused-ring (bicyclic) bond motifs is 1. The van der Waals surface area contributed by atoms with Crippen LogP contribution in [0, 0.1) is 0 Å². The first-order valence-electron chi connectivity index (χ1n) is 4.77. The number of rotatable bonds is 3. The van der Waals surface area contributed by atoms with Crippen LogP contribution in [0.5, 0.6) is 5.88 Å². The van der Waals surface area contributed by atoms with Gasteiger partial charge in [0.15, 0.2) is 5.69 Å². The first-order chi connectivity index (χ1) is 8.02. The average Bonchev–Trinajstić information content (AvgIpc) is 2.70. The van der Waals surface area contributed by atoms with E-state index in [-0.39, 0.29) is 24.5 Å². The van der Waals surface area contributed by atoms with E-state index in [0.29, 0.717) is 0 Å². The van der Waals surface area contributed by atoms with Gasteiger partial charge in [-0.05, 0) is 0 Å². The molecule has 0 unspecified atom stereocenters. The lowest BCUT2D eigenvalue weighted by Gasteiger charge is -2.03. The van der Waals surface area contributed by atoms with Crippen molar-refractivity contribution >= 4 is 5.52 Å². The van der Waals surface area contributed by atoms with E-state index in [4.69, 9.17) is 10.5 Å². The maximum Gasteiger partial charge on any atom is 0.435 e. The molecule has 0 aliphatic heterocycles. The highest BCUT2D eigenvalue weighted by Gasteiger charge is 2.34. The normalized spacial score (nSPS) is 12.0. The van der Waals surface area contributed by atoms with Crippen molar-refractivity contribution in [3.05, 3.63) is 24.2 Å². The van der Waals surface area contributed by atoms with Crippen molar-refractivity contribution < 1.29 is 17.9 Å². The summed E-state index contributed by atoms with van der Waals surface area (Å²) in [4.78, 5) is 3.83. The van der Waals surface area contributed by atoms with Gasteiger partial charge >= 0.3 is 6.18 Å². The molecular weight excluding hydrogens is 237 g/mol. The maximum atomic E-state index is 12.5. The maximum absolute atomic E-state index is 12.5. The van der Waals surface area contributed by atoms with E-state index in [0.717, 1.165) is 10.6 Å². The Morgan fingerprint density at radius 3 is 2.82 bits per heavy atom. The minimum absolute atomic E-state index is 0.0842. The molecular formula is C9H9F3N4O. The van der Waals surface area contributed by atoms with Crippen molar-refractivity contribution in [2.45, 2.75) is 6.18 Å². The lowest BCUT2D eigenvalue weighted by atomic mass is 10.4. The van der Waals surface area contributed by atoms with Crippen molar-refractivity contribution in [1.82, 2.24) is 14.6 Å². The molecule has 0 saturated carbocycles. The largest absolute Gasteiger partial charge is 0.475 e. The van der Waals surface area contributed by atoms with Gasteiger partial charge in [0.1, 0.15) is 12.1 Å². The highest BCUT2D eigenvalue weighted by molar-refractivity contribution is 5.56. The summed E-state index contributed by atoms with van der Waals surface area (Å²) in [6, 6.07) is 0.888. The van der Waals surface area contributed by atoms with Gasteiger partial charge in [-0.25, -0.2) is 9.50 Å². The van der Waals surface area contributed by atoms with Crippen LogP contribution in [0.25, 0.3) is 5.52 Å². The lowest BCUT2D eigenvalue weighted by molar-refractivity contribution is -0.141. The van der Waals surface area contributed by atoms with Gasteiger partial charge in [0.05, 0.1) is 0 Å². The minimum Gasteiger partial charge on any atom is -0.475 e. The molecule has 0 aromatic carbocycles. The number of ether oxygens (including phenoxy) is 1. The molecule has 0 amide bonds. The summed E-state index contributed by atoms with van der Waals surface area (Å²) in [6.45, 7) is 0.433. The minimum atomic E-state index is -4.49. The number of nitrogens with zero attached hydrogens (tertiary/aromatic N) is 3. The van der Waals surface area contributed by atoms with Crippen molar-refractivity contribution in [3.63, 3.8) is 0 Å². The predicted octanol–water partition coefficient (Wildman–Crippen LogP) is 1.09. The fraction of sp³-hybridized carbons (Fsp3) is 0.333. The van der Waals surface area contributed by atoms with Crippen LogP contribution < -0.4 is 10.5 Å². The molecule has 92 valence electrons. The van der Waals surface area contributed by atoms with Gasteiger partial charge in [0, 0.05) is 25.0 Å². The molecule has 2 N–H and O–H groups in total. The number of halogens is 3. The number of hydrogen-bond acceptors (Lipinski definition) is 4. The van der Waals surface area contributed by atoms with Gasteiger partial charge in [-0.1, -0.05) is 0 Å². The van der Waals surface area contributed by atoms with Crippen molar-refractivity contribution in [2.24, 2.45) is 5.73 Å². The van der Waals surface area contributed by atoms with Gasteiger partial charge in [0.25, 0.3) is 0 Å². The summed E-state index contributed by atoms with van der Waals surface area (Å²) < 4.78 is 43.6. The van der Waals surface area contributed by atoms with Gasteiger partial charge in [-0.15, -0.1) is 0 Å². The molecule has 0 bridgehead atoms. The van der Waals surface area contributed by atoms with E-state index in [1.54, 1.807) is 0 Å². The molecule has 0 fully saturated rings. The standard InChI is InChI=1S/C9H9F3N4O/c10-9(11,12)7-5-6-8(17-4-1-13)14-2-3-16(6)15-7/h2-3,5H,1,4,13H2. The Labute approximate surface area is 94.0 Å². The van der Waals surface area contributed by atoms with E-state index in [1.165, 1.54) is 12.4 Å². The Morgan fingerprint density at radius 2 is 2.18 bits per heavy atom. The Hall–Kier alpha value is -1.83. The summed E-state index contributed by atoms with van der Waals surface area (Å²) in [6.07, 6.45) is -1.86. The molecule has 0 atom stereocenters. The fourth-order valence-electron chi connectivity index (χ4n) is 1.30. The van der Waals surface area contributed by atoms with E-state index in [1.807, 2.05) is 0 Å². The van der Waals surface area contributed by atoms with Gasteiger partial charge < -0.3 is 10.5 Å². The molecule has 0 aliphatic carbocycles. The first-order valence-corrected chi connectivity index (χ1v) is 4.77. The topological polar surface area (TPSA) is 65.4 Å². The van der Waals surface area contributed by atoms with Crippen LogP contribution in [0.3, 0.4) is 0 Å². The third-order valence-electron chi connectivity index (χ3n) is 2.00. The summed E-state index contributed by atoms with van der Waals surface area (Å²) in [5.74, 6) is 0.0842. The number of aromatic nitrogens is 3. The third-order valence-corrected chi connectivity index (χ3v) is 2.00. The van der Waals surface area contributed by atoms with Crippen LogP contribution in [0.4, 0.5) is 13.2 Å². The van der Waals surface area contributed by atoms with Crippen LogP contribution in [0.1, 0.15) is 5.69 Å². The number of nitrogens with two attached hydrogens (primary N) is 1. The fourth-order valence-corrected chi connectivity index (χ4v) is 1.30. The smallest absolute Gasteiger partial charge is 0.435 e. The van der Waals surface area contributed by atoms with E-state index in [2.05, 4.69) is 10.1 Å². The second kappa shape index (κ2) is 4.21. The van der Waals surface area contributed by atoms with Crippen molar-refractivity contribution in [1.29, 1.82) is 0 Å². The quantitative estimate of drug-likeness (QED) is 0.880. The van der Waals surface area contributed by atoms with Gasteiger partial charge in [-0.3, -0.25) is 0 Å². The number of alkyl halides is 3. The molecule has 5 nitrogen and oxygen atoms in total. The highest BCUT2D eigenvalue weighted by Crippen LogP contribution is 2.30. The van der Waals surface area contributed by atoms with Gasteiger partial charge in [-0.2, -0.15) is 18.3 Å². The lowest BCUT2D eigenvalue weighted by Crippen LogP contribution is -2.11. The Morgan fingerprint density at radius 1 is 1.41 bits per heavy atom. The molecule has 2 aromatic rings. The van der Waals surface area contributed by atoms with Crippen LogP contribution in [0.2, 0.25) is 0 Å². The summed E-state index contributed by atoms with van der Waals surface area (Å²) in [5.41, 5.74) is 4.42. The summed E-state index contributed by atoms with van der Waals surface area (Å²) >= 11 is 0. The SMILES string of the molecule is NCCOc1nccn2nc(C(F)(F)F)cc12. The van der Waals surface area contributed by atoms with Crippen molar-refractivity contribution in [3.8, 4) is 5.88 Å². The molecule has 8 heteroatoms. The van der Waals surface area contributed by atoms with E-state index < -0.39 is 11.9 Å². The summed E-state index contributed by atoms with van der Waals surface area (Å²) in [5, 5.41) is 3.39. The summed E-state index contributed by atoms with van der Waals surface area (Å²) in [7, 11) is 0. The van der Waals surface area contributed by atoms with Crippen LogP contribution in [0.15, 0.2) is 18.5 Å². The molecule has 2 heterocycles. The average molecular weight is 246 g/mol. The molecule has 0 aliphatic rings. The van der Waals surface area contributed by atoms with Crippen molar-refractivity contribution in [2.75, 3.05) is 13.2 Å². The zero-order chi connectivity index (χ0) is 12.5. The predicted molar refractivity (Wildman–Crippen MR) is 52.5 cm³/mol.